The van der Waals surface area contributed by atoms with E-state index in [4.69, 9.17) is 0 Å². The molecule has 0 radical (unpaired) electrons. The molecular weight excluding hydrogens is 140 g/mol. The van der Waals surface area contributed by atoms with E-state index in [0.29, 0.717) is 0 Å². The van der Waals surface area contributed by atoms with E-state index in [9.17, 15) is 4.79 Å². The minimum Gasteiger partial charge on any atom is -0.355 e. The first-order valence-electron chi connectivity index (χ1n) is 4.40. The molecule has 3 heteroatoms. The average molecular weight is 154 g/mol. The molecule has 3 nitrogen and oxygen atoms in total. The van der Waals surface area contributed by atoms with E-state index in [1.807, 2.05) is 0 Å². The second-order valence-corrected chi connectivity index (χ2v) is 3.34. The quantitative estimate of drug-likeness (QED) is 0.531. The fourth-order valence-electron chi connectivity index (χ4n) is 2.00. The van der Waals surface area contributed by atoms with Crippen LogP contribution in [0.1, 0.15) is 19.3 Å². The van der Waals surface area contributed by atoms with E-state index in [2.05, 4.69) is 10.2 Å². The molecule has 0 aromatic carbocycles. The van der Waals surface area contributed by atoms with Crippen molar-refractivity contribution >= 4 is 5.91 Å². The minimum atomic E-state index is 0.206. The molecule has 1 N–H and O–H groups in total. The molecule has 0 bridgehead atoms. The van der Waals surface area contributed by atoms with Crippen molar-refractivity contribution in [3.05, 3.63) is 0 Å². The van der Waals surface area contributed by atoms with Crippen LogP contribution in [0.3, 0.4) is 0 Å². The van der Waals surface area contributed by atoms with Gasteiger partial charge in [-0.05, 0) is 25.8 Å². The van der Waals surface area contributed by atoms with Gasteiger partial charge in [-0.15, -0.1) is 0 Å². The van der Waals surface area contributed by atoms with Gasteiger partial charge in [0.25, 0.3) is 0 Å². The number of nitrogens with zero attached hydrogens (tertiary/aromatic N) is 1. The van der Waals surface area contributed by atoms with E-state index in [1.165, 1.54) is 6.42 Å². The molecule has 2 fully saturated rings. The summed E-state index contributed by atoms with van der Waals surface area (Å²) >= 11 is 0. The smallest absolute Gasteiger partial charge is 0.237 e. The predicted molar refractivity (Wildman–Crippen MR) is 42.2 cm³/mol. The van der Waals surface area contributed by atoms with Gasteiger partial charge in [0.05, 0.1) is 6.04 Å². The normalized spacial score (nSPS) is 32.7. The van der Waals surface area contributed by atoms with Crippen LogP contribution in [0.5, 0.6) is 0 Å². The fourth-order valence-corrected chi connectivity index (χ4v) is 2.00. The topological polar surface area (TPSA) is 32.3 Å². The summed E-state index contributed by atoms with van der Waals surface area (Å²) in [6.45, 7) is 3.09. The van der Waals surface area contributed by atoms with Crippen LogP contribution in [-0.4, -0.2) is 36.5 Å². The summed E-state index contributed by atoms with van der Waals surface area (Å²) in [4.78, 5) is 13.7. The lowest BCUT2D eigenvalue weighted by molar-refractivity contribution is -0.124. The van der Waals surface area contributed by atoms with Crippen molar-refractivity contribution in [3.63, 3.8) is 0 Å². The first-order chi connectivity index (χ1) is 5.38. The number of carbonyl (C=O) groups is 1. The van der Waals surface area contributed by atoms with Crippen molar-refractivity contribution in [1.82, 2.24) is 10.2 Å². The Hall–Kier alpha value is -0.570. The lowest BCUT2D eigenvalue weighted by Crippen LogP contribution is -2.39. The van der Waals surface area contributed by atoms with Gasteiger partial charge in [0.2, 0.25) is 5.91 Å². The lowest BCUT2D eigenvalue weighted by Gasteiger charge is -2.18. The maximum Gasteiger partial charge on any atom is 0.237 e. The number of nitrogens with one attached hydrogen (secondary N) is 1. The Morgan fingerprint density at radius 2 is 2.18 bits per heavy atom. The van der Waals surface area contributed by atoms with E-state index in [1.54, 1.807) is 0 Å². The molecule has 0 spiro atoms. The molecule has 0 aromatic heterocycles. The molecule has 2 saturated heterocycles. The van der Waals surface area contributed by atoms with Crippen LogP contribution < -0.4 is 5.32 Å². The van der Waals surface area contributed by atoms with Crippen LogP contribution in [0.2, 0.25) is 0 Å². The molecule has 2 heterocycles. The van der Waals surface area contributed by atoms with Crippen molar-refractivity contribution in [2.24, 2.45) is 0 Å². The first kappa shape index (κ1) is 7.10. The highest BCUT2D eigenvalue weighted by Gasteiger charge is 2.31. The molecule has 0 aliphatic carbocycles. The van der Waals surface area contributed by atoms with Gasteiger partial charge in [0, 0.05) is 13.1 Å². The Labute approximate surface area is 66.8 Å². The maximum absolute atomic E-state index is 11.3. The first-order valence-corrected chi connectivity index (χ1v) is 4.40. The highest BCUT2D eigenvalue weighted by atomic mass is 16.2. The van der Waals surface area contributed by atoms with Gasteiger partial charge in [0.1, 0.15) is 0 Å². The summed E-state index contributed by atoms with van der Waals surface area (Å²) in [5.41, 5.74) is 0. The Balaban J connectivity index is 2.09. The lowest BCUT2D eigenvalue weighted by atomic mass is 10.2. The Kier molecular flexibility index (Phi) is 1.82. The molecular formula is C8H14N2O. The standard InChI is InChI=1S/C8H14N2O/c11-8-7-3-1-5-10(7)6-2-4-9-8/h7H,1-6H2,(H,9,11)/t7-/m0/s1. The third-order valence-electron chi connectivity index (χ3n) is 2.59. The Morgan fingerprint density at radius 3 is 3.09 bits per heavy atom. The number of rotatable bonds is 0. The van der Waals surface area contributed by atoms with Crippen molar-refractivity contribution < 1.29 is 4.79 Å². The molecule has 1 amide bonds. The monoisotopic (exact) mass is 154 g/mol. The zero-order valence-corrected chi connectivity index (χ0v) is 6.68. The van der Waals surface area contributed by atoms with Crippen LogP contribution in [0.4, 0.5) is 0 Å². The average Bonchev–Trinajstić information content (AvgIpc) is 2.40. The third kappa shape index (κ3) is 1.25. The predicted octanol–water partition coefficient (Wildman–Crippen LogP) is -0.0293. The van der Waals surface area contributed by atoms with Gasteiger partial charge >= 0.3 is 0 Å². The maximum atomic E-state index is 11.3. The number of hydrogen-bond donors (Lipinski definition) is 1. The minimum absolute atomic E-state index is 0.206. The van der Waals surface area contributed by atoms with Crippen molar-refractivity contribution in [1.29, 1.82) is 0 Å². The van der Waals surface area contributed by atoms with Gasteiger partial charge < -0.3 is 5.32 Å². The van der Waals surface area contributed by atoms with Gasteiger partial charge in [-0.1, -0.05) is 0 Å². The Bertz CT molecular complexity index is 169. The summed E-state index contributed by atoms with van der Waals surface area (Å²) in [5, 5.41) is 2.94. The SMILES string of the molecule is O=C1NCCCN2CCC[C@@H]12. The summed E-state index contributed by atoms with van der Waals surface area (Å²) in [6, 6.07) is 0.206. The zero-order valence-electron chi connectivity index (χ0n) is 6.68. The highest BCUT2D eigenvalue weighted by Crippen LogP contribution is 2.18. The van der Waals surface area contributed by atoms with Gasteiger partial charge in [-0.3, -0.25) is 9.69 Å². The van der Waals surface area contributed by atoms with Gasteiger partial charge in [-0.2, -0.15) is 0 Å². The number of fused-ring (bicyclic) bond motifs is 1. The molecule has 0 unspecified atom stereocenters. The number of hydrogen-bond acceptors (Lipinski definition) is 2. The molecule has 11 heavy (non-hydrogen) atoms. The summed E-state index contributed by atoms with van der Waals surface area (Å²) in [7, 11) is 0. The molecule has 2 aliphatic rings. The molecule has 2 rings (SSSR count). The molecule has 0 saturated carbocycles. The van der Waals surface area contributed by atoms with E-state index in [-0.39, 0.29) is 11.9 Å². The van der Waals surface area contributed by atoms with Crippen LogP contribution in [-0.2, 0) is 4.79 Å². The summed E-state index contributed by atoms with van der Waals surface area (Å²) < 4.78 is 0. The van der Waals surface area contributed by atoms with Crippen molar-refractivity contribution in [3.8, 4) is 0 Å². The largest absolute Gasteiger partial charge is 0.355 e. The van der Waals surface area contributed by atoms with E-state index in [0.717, 1.165) is 32.5 Å². The molecule has 0 aromatic rings. The number of amides is 1. The van der Waals surface area contributed by atoms with Crippen molar-refractivity contribution in [2.45, 2.75) is 25.3 Å². The Morgan fingerprint density at radius 1 is 1.36 bits per heavy atom. The summed E-state index contributed by atoms with van der Waals surface area (Å²) in [5.74, 6) is 0.250. The van der Waals surface area contributed by atoms with Gasteiger partial charge in [0.15, 0.2) is 0 Å². The number of carbonyl (C=O) groups excluding carboxylic acids is 1. The van der Waals surface area contributed by atoms with E-state index < -0.39 is 0 Å². The molecule has 62 valence electrons. The van der Waals surface area contributed by atoms with Crippen molar-refractivity contribution in [2.75, 3.05) is 19.6 Å². The van der Waals surface area contributed by atoms with Crippen LogP contribution in [0, 0.1) is 0 Å². The molecule has 2 aliphatic heterocycles. The summed E-state index contributed by atoms with van der Waals surface area (Å²) in [6.07, 6.45) is 3.37. The zero-order chi connectivity index (χ0) is 7.68. The third-order valence-corrected chi connectivity index (χ3v) is 2.59. The molecule has 1 atom stereocenters. The van der Waals surface area contributed by atoms with Crippen LogP contribution in [0.15, 0.2) is 0 Å². The van der Waals surface area contributed by atoms with Crippen LogP contribution >= 0.6 is 0 Å². The van der Waals surface area contributed by atoms with Crippen LogP contribution in [0.25, 0.3) is 0 Å². The highest BCUT2D eigenvalue weighted by molar-refractivity contribution is 5.82. The van der Waals surface area contributed by atoms with E-state index >= 15 is 0 Å². The second-order valence-electron chi connectivity index (χ2n) is 3.34. The fraction of sp³-hybridized carbons (Fsp3) is 0.875. The second kappa shape index (κ2) is 2.81. The van der Waals surface area contributed by atoms with Gasteiger partial charge in [-0.25, -0.2) is 0 Å².